The highest BCUT2D eigenvalue weighted by atomic mass is 16.2. The van der Waals surface area contributed by atoms with Crippen molar-refractivity contribution in [2.45, 2.75) is 39.2 Å². The molecule has 2 amide bonds. The van der Waals surface area contributed by atoms with Crippen LogP contribution >= 0.6 is 0 Å². The maximum Gasteiger partial charge on any atom is 0.250 e. The van der Waals surface area contributed by atoms with Crippen molar-refractivity contribution in [2.24, 2.45) is 7.05 Å². The maximum absolute atomic E-state index is 12.4. The highest BCUT2D eigenvalue weighted by Crippen LogP contribution is 2.22. The molecule has 0 aliphatic carbocycles. The Morgan fingerprint density at radius 1 is 1.42 bits per heavy atom. The van der Waals surface area contributed by atoms with Crippen LogP contribution in [0.2, 0.25) is 0 Å². The van der Waals surface area contributed by atoms with Gasteiger partial charge in [0.15, 0.2) is 0 Å². The van der Waals surface area contributed by atoms with Gasteiger partial charge in [-0.15, -0.1) is 0 Å². The van der Waals surface area contributed by atoms with Crippen LogP contribution in [0.15, 0.2) is 6.20 Å². The summed E-state index contributed by atoms with van der Waals surface area (Å²) in [4.78, 5) is 25.7. The third-order valence-electron chi connectivity index (χ3n) is 3.29. The van der Waals surface area contributed by atoms with Crippen molar-refractivity contribution >= 4 is 17.5 Å². The Morgan fingerprint density at radius 2 is 2.16 bits per heavy atom. The Morgan fingerprint density at radius 3 is 2.79 bits per heavy atom. The monoisotopic (exact) mass is 264 g/mol. The molecule has 6 nitrogen and oxygen atoms in total. The first-order valence-electron chi connectivity index (χ1n) is 6.70. The van der Waals surface area contributed by atoms with Gasteiger partial charge in [0.05, 0.1) is 11.4 Å². The first kappa shape index (κ1) is 13.6. The van der Waals surface area contributed by atoms with E-state index in [0.717, 1.165) is 24.2 Å². The van der Waals surface area contributed by atoms with E-state index in [1.807, 2.05) is 20.9 Å². The Balaban J connectivity index is 2.31. The molecule has 1 aliphatic rings. The van der Waals surface area contributed by atoms with Gasteiger partial charge >= 0.3 is 0 Å². The molecule has 2 rings (SSSR count). The molecule has 1 saturated heterocycles. The van der Waals surface area contributed by atoms with Gasteiger partial charge in [-0.25, -0.2) is 0 Å². The number of rotatable bonds is 4. The molecule has 0 radical (unpaired) electrons. The van der Waals surface area contributed by atoms with E-state index in [1.165, 1.54) is 0 Å². The van der Waals surface area contributed by atoms with Gasteiger partial charge in [-0.3, -0.25) is 19.2 Å². The second-order valence-electron chi connectivity index (χ2n) is 4.82. The van der Waals surface area contributed by atoms with E-state index in [-0.39, 0.29) is 18.4 Å². The number of anilines is 1. The first-order valence-corrected chi connectivity index (χ1v) is 6.70. The van der Waals surface area contributed by atoms with E-state index in [4.69, 9.17) is 0 Å². The number of nitrogens with one attached hydrogen (secondary N) is 1. The lowest BCUT2D eigenvalue weighted by Crippen LogP contribution is -2.58. The smallest absolute Gasteiger partial charge is 0.250 e. The minimum Gasteiger partial charge on any atom is -0.343 e. The first-order chi connectivity index (χ1) is 9.06. The lowest BCUT2D eigenvalue weighted by atomic mass is 10.1. The SMILES string of the molecule is CCCC1NC(=O)CN(c2cn(C)nc2CC)C1=O. The van der Waals surface area contributed by atoms with Crippen molar-refractivity contribution in [1.82, 2.24) is 15.1 Å². The van der Waals surface area contributed by atoms with Crippen molar-refractivity contribution in [1.29, 1.82) is 0 Å². The summed E-state index contributed by atoms with van der Waals surface area (Å²) >= 11 is 0. The molecule has 2 heterocycles. The van der Waals surface area contributed by atoms with E-state index < -0.39 is 6.04 Å². The third-order valence-corrected chi connectivity index (χ3v) is 3.29. The molecule has 1 aromatic rings. The summed E-state index contributed by atoms with van der Waals surface area (Å²) in [5.74, 6) is -0.145. The van der Waals surface area contributed by atoms with E-state index >= 15 is 0 Å². The molecule has 0 spiro atoms. The predicted molar refractivity (Wildman–Crippen MR) is 71.8 cm³/mol. The summed E-state index contributed by atoms with van der Waals surface area (Å²) in [7, 11) is 1.82. The quantitative estimate of drug-likeness (QED) is 0.866. The average molecular weight is 264 g/mol. The van der Waals surface area contributed by atoms with Crippen LogP contribution in [0.5, 0.6) is 0 Å². The molecule has 1 aromatic heterocycles. The Hall–Kier alpha value is -1.85. The minimum atomic E-state index is -0.406. The molecule has 0 saturated carbocycles. The highest BCUT2D eigenvalue weighted by Gasteiger charge is 2.34. The van der Waals surface area contributed by atoms with Gasteiger partial charge in [-0.05, 0) is 12.8 Å². The fourth-order valence-electron chi connectivity index (χ4n) is 2.40. The zero-order valence-electron chi connectivity index (χ0n) is 11.6. The molecular weight excluding hydrogens is 244 g/mol. The van der Waals surface area contributed by atoms with Crippen LogP contribution in [0.25, 0.3) is 0 Å². The van der Waals surface area contributed by atoms with E-state index in [0.29, 0.717) is 6.42 Å². The van der Waals surface area contributed by atoms with Gasteiger partial charge in [0.25, 0.3) is 0 Å². The number of amides is 2. The largest absolute Gasteiger partial charge is 0.343 e. The summed E-state index contributed by atoms with van der Waals surface area (Å²) in [6.45, 7) is 4.07. The lowest BCUT2D eigenvalue weighted by Gasteiger charge is -2.32. The molecule has 104 valence electrons. The van der Waals surface area contributed by atoms with Gasteiger partial charge in [-0.2, -0.15) is 5.10 Å². The van der Waals surface area contributed by atoms with E-state index in [2.05, 4.69) is 10.4 Å². The molecule has 6 heteroatoms. The minimum absolute atomic E-state index is 0.0378. The van der Waals surface area contributed by atoms with Crippen LogP contribution in [0, 0.1) is 0 Å². The molecule has 1 fully saturated rings. The average Bonchev–Trinajstić information content (AvgIpc) is 2.75. The van der Waals surface area contributed by atoms with E-state index in [1.54, 1.807) is 15.8 Å². The molecule has 0 bridgehead atoms. The summed E-state index contributed by atoms with van der Waals surface area (Å²) in [5.41, 5.74) is 1.60. The third kappa shape index (κ3) is 2.62. The van der Waals surface area contributed by atoms with Crippen LogP contribution in [0.3, 0.4) is 0 Å². The topological polar surface area (TPSA) is 67.2 Å². The fraction of sp³-hybridized carbons (Fsp3) is 0.615. The summed E-state index contributed by atoms with van der Waals surface area (Å²) < 4.78 is 1.68. The van der Waals surface area contributed by atoms with Gasteiger partial charge < -0.3 is 5.32 Å². The zero-order chi connectivity index (χ0) is 14.0. The van der Waals surface area contributed by atoms with Crippen molar-refractivity contribution in [3.05, 3.63) is 11.9 Å². The van der Waals surface area contributed by atoms with Crippen LogP contribution in [-0.2, 0) is 23.1 Å². The Bertz CT molecular complexity index is 495. The number of aromatic nitrogens is 2. The molecule has 1 unspecified atom stereocenters. The van der Waals surface area contributed by atoms with Gasteiger partial charge in [-0.1, -0.05) is 20.3 Å². The maximum atomic E-state index is 12.4. The Kier molecular flexibility index (Phi) is 3.87. The normalized spacial score (nSPS) is 19.7. The van der Waals surface area contributed by atoms with Crippen LogP contribution in [-0.4, -0.2) is 34.2 Å². The number of hydrogen-bond donors (Lipinski definition) is 1. The van der Waals surface area contributed by atoms with Gasteiger partial charge in [0.2, 0.25) is 11.8 Å². The predicted octanol–water partition coefficient (Wildman–Crippen LogP) is 0.614. The fourth-order valence-corrected chi connectivity index (χ4v) is 2.40. The highest BCUT2D eigenvalue weighted by molar-refractivity contribution is 6.06. The second kappa shape index (κ2) is 5.42. The number of hydrogen-bond acceptors (Lipinski definition) is 3. The van der Waals surface area contributed by atoms with Crippen molar-refractivity contribution in [2.75, 3.05) is 11.4 Å². The number of aryl methyl sites for hydroxylation is 2. The van der Waals surface area contributed by atoms with Gasteiger partial charge in [0, 0.05) is 13.2 Å². The zero-order valence-corrected chi connectivity index (χ0v) is 11.6. The second-order valence-corrected chi connectivity index (χ2v) is 4.82. The lowest BCUT2D eigenvalue weighted by molar-refractivity contribution is -0.131. The Labute approximate surface area is 112 Å². The molecular formula is C13H20N4O2. The number of piperazine rings is 1. The van der Waals surface area contributed by atoms with Crippen LogP contribution in [0.1, 0.15) is 32.4 Å². The number of nitrogens with zero attached hydrogens (tertiary/aromatic N) is 3. The van der Waals surface area contributed by atoms with Crippen molar-refractivity contribution in [3.8, 4) is 0 Å². The molecule has 1 atom stereocenters. The summed E-state index contributed by atoms with van der Waals surface area (Å²) in [6.07, 6.45) is 4.07. The number of carbonyl (C=O) groups is 2. The van der Waals surface area contributed by atoms with Crippen LogP contribution < -0.4 is 10.2 Å². The molecule has 19 heavy (non-hydrogen) atoms. The van der Waals surface area contributed by atoms with Crippen LogP contribution in [0.4, 0.5) is 5.69 Å². The molecule has 1 N–H and O–H groups in total. The van der Waals surface area contributed by atoms with Crippen molar-refractivity contribution < 1.29 is 9.59 Å². The summed E-state index contributed by atoms with van der Waals surface area (Å²) in [5, 5.41) is 7.08. The standard InChI is InChI=1S/C13H20N4O2/c1-4-6-10-13(19)17(8-12(18)14-10)11-7-16(3)15-9(11)5-2/h7,10H,4-6,8H2,1-3H3,(H,14,18). The van der Waals surface area contributed by atoms with E-state index in [9.17, 15) is 9.59 Å². The van der Waals surface area contributed by atoms with Gasteiger partial charge in [0.1, 0.15) is 12.6 Å². The molecule has 0 aromatic carbocycles. The number of carbonyl (C=O) groups excluding carboxylic acids is 2. The summed E-state index contributed by atoms with van der Waals surface area (Å²) in [6, 6.07) is -0.406. The van der Waals surface area contributed by atoms with Crippen molar-refractivity contribution in [3.63, 3.8) is 0 Å². The molecule has 1 aliphatic heterocycles.